The van der Waals surface area contributed by atoms with Crippen LogP contribution in [0, 0.1) is 5.92 Å². The zero-order chi connectivity index (χ0) is 17.2. The fourth-order valence-electron chi connectivity index (χ4n) is 3.59. The van der Waals surface area contributed by atoms with Crippen LogP contribution < -0.4 is 5.32 Å². The zero-order valence-electron chi connectivity index (χ0n) is 14.1. The molecule has 6 heteroatoms. The molecule has 3 heterocycles. The van der Waals surface area contributed by atoms with Gasteiger partial charge >= 0.3 is 0 Å². The second-order valence-electron chi connectivity index (χ2n) is 6.24. The predicted octanol–water partition coefficient (Wildman–Crippen LogP) is 3.24. The second-order valence-corrected chi connectivity index (χ2v) is 6.24. The van der Waals surface area contributed by atoms with Crippen molar-refractivity contribution in [2.75, 3.05) is 18.4 Å². The summed E-state index contributed by atoms with van der Waals surface area (Å²) in [5.41, 5.74) is 2.65. The van der Waals surface area contributed by atoms with Crippen LogP contribution in [0.3, 0.4) is 0 Å². The highest BCUT2D eigenvalue weighted by Crippen LogP contribution is 2.37. The summed E-state index contributed by atoms with van der Waals surface area (Å²) in [7, 11) is 0. The number of carbonyl (C=O) groups is 1. The van der Waals surface area contributed by atoms with Gasteiger partial charge < -0.3 is 14.6 Å². The molecule has 1 fully saturated rings. The Bertz CT molecular complexity index is 844. The Morgan fingerprint density at radius 1 is 1.28 bits per heavy atom. The molecule has 0 unspecified atom stereocenters. The van der Waals surface area contributed by atoms with Crippen molar-refractivity contribution >= 4 is 23.0 Å². The molecule has 0 radical (unpaired) electrons. The van der Waals surface area contributed by atoms with Gasteiger partial charge in [-0.05, 0) is 30.7 Å². The number of hydrogen-bond donors (Lipinski definition) is 1. The summed E-state index contributed by atoms with van der Waals surface area (Å²) in [5, 5.41) is 3.26. The standard InChI is InChI=1S/C19H20N4O2/c1-2-23-17(24)10-14(18(23)13-6-5-9-20-11-13)12-21-19-22-15-7-3-4-8-16(15)25-19/h3-9,11,14,18H,2,10,12H2,1H3,(H,21,22)/t14-,18-/m0/s1. The summed E-state index contributed by atoms with van der Waals surface area (Å²) in [4.78, 5) is 23.0. The number of anilines is 1. The van der Waals surface area contributed by atoms with Crippen molar-refractivity contribution < 1.29 is 9.21 Å². The number of carbonyl (C=O) groups excluding carboxylic acids is 1. The Hall–Kier alpha value is -2.89. The topological polar surface area (TPSA) is 71.3 Å². The van der Waals surface area contributed by atoms with Crippen molar-refractivity contribution in [3.05, 3.63) is 54.4 Å². The highest BCUT2D eigenvalue weighted by atomic mass is 16.4. The van der Waals surface area contributed by atoms with Gasteiger partial charge in [-0.3, -0.25) is 9.78 Å². The van der Waals surface area contributed by atoms with Gasteiger partial charge in [0.05, 0.1) is 6.04 Å². The number of amides is 1. The third-order valence-corrected chi connectivity index (χ3v) is 4.72. The summed E-state index contributed by atoms with van der Waals surface area (Å²) in [6, 6.07) is 12.1. The van der Waals surface area contributed by atoms with Crippen LogP contribution in [0.4, 0.5) is 6.01 Å². The van der Waals surface area contributed by atoms with Crippen molar-refractivity contribution in [1.82, 2.24) is 14.9 Å². The van der Waals surface area contributed by atoms with E-state index in [-0.39, 0.29) is 17.9 Å². The molecule has 0 aliphatic carbocycles. The van der Waals surface area contributed by atoms with E-state index in [0.717, 1.165) is 16.7 Å². The maximum absolute atomic E-state index is 12.4. The minimum atomic E-state index is 0.0306. The Morgan fingerprint density at radius 2 is 2.16 bits per heavy atom. The molecule has 1 N–H and O–H groups in total. The third kappa shape index (κ3) is 2.95. The first kappa shape index (κ1) is 15.6. The molecule has 0 saturated carbocycles. The number of nitrogens with zero attached hydrogens (tertiary/aromatic N) is 3. The first-order valence-corrected chi connectivity index (χ1v) is 8.55. The van der Waals surface area contributed by atoms with Crippen molar-refractivity contribution in [2.45, 2.75) is 19.4 Å². The van der Waals surface area contributed by atoms with Gasteiger partial charge in [0.25, 0.3) is 6.01 Å². The first-order valence-electron chi connectivity index (χ1n) is 8.55. The summed E-state index contributed by atoms with van der Waals surface area (Å²) in [5.74, 6) is 0.326. The van der Waals surface area contributed by atoms with E-state index >= 15 is 0 Å². The van der Waals surface area contributed by atoms with Gasteiger partial charge in [-0.1, -0.05) is 18.2 Å². The molecule has 0 spiro atoms. The van der Waals surface area contributed by atoms with Gasteiger partial charge in [-0.2, -0.15) is 4.98 Å². The Morgan fingerprint density at radius 3 is 2.92 bits per heavy atom. The second kappa shape index (κ2) is 6.55. The molecule has 6 nitrogen and oxygen atoms in total. The number of aromatic nitrogens is 2. The number of benzene rings is 1. The number of hydrogen-bond acceptors (Lipinski definition) is 5. The van der Waals surface area contributed by atoms with Crippen LogP contribution in [0.15, 0.2) is 53.2 Å². The van der Waals surface area contributed by atoms with Crippen LogP contribution in [-0.2, 0) is 4.79 Å². The van der Waals surface area contributed by atoms with Crippen LogP contribution >= 0.6 is 0 Å². The lowest BCUT2D eigenvalue weighted by molar-refractivity contribution is -0.128. The van der Waals surface area contributed by atoms with Crippen LogP contribution in [0.1, 0.15) is 24.9 Å². The average molecular weight is 336 g/mol. The minimum Gasteiger partial charge on any atom is -0.424 e. The van der Waals surface area contributed by atoms with E-state index in [1.54, 1.807) is 6.20 Å². The van der Waals surface area contributed by atoms with Gasteiger partial charge in [0, 0.05) is 37.8 Å². The number of rotatable bonds is 5. The van der Waals surface area contributed by atoms with E-state index in [2.05, 4.69) is 15.3 Å². The van der Waals surface area contributed by atoms with E-state index in [9.17, 15) is 4.79 Å². The molecule has 1 aliphatic heterocycles. The van der Waals surface area contributed by atoms with E-state index in [1.807, 2.05) is 54.4 Å². The van der Waals surface area contributed by atoms with Gasteiger partial charge in [0.15, 0.2) is 5.58 Å². The predicted molar refractivity (Wildman–Crippen MR) is 95.0 cm³/mol. The van der Waals surface area contributed by atoms with Crippen LogP contribution in [0.25, 0.3) is 11.1 Å². The monoisotopic (exact) mass is 336 g/mol. The molecule has 25 heavy (non-hydrogen) atoms. The molecule has 2 atom stereocenters. The van der Waals surface area contributed by atoms with Crippen LogP contribution in [0.2, 0.25) is 0 Å². The fraction of sp³-hybridized carbons (Fsp3) is 0.316. The van der Waals surface area contributed by atoms with Gasteiger partial charge in [0.2, 0.25) is 5.91 Å². The summed E-state index contributed by atoms with van der Waals surface area (Å²) < 4.78 is 5.72. The smallest absolute Gasteiger partial charge is 0.295 e. The van der Waals surface area contributed by atoms with Gasteiger partial charge in [0.1, 0.15) is 5.52 Å². The molecule has 1 saturated heterocycles. The highest BCUT2D eigenvalue weighted by Gasteiger charge is 2.39. The maximum atomic E-state index is 12.4. The molecule has 1 aromatic carbocycles. The Balaban J connectivity index is 1.54. The van der Waals surface area contributed by atoms with E-state index < -0.39 is 0 Å². The van der Waals surface area contributed by atoms with Gasteiger partial charge in [-0.15, -0.1) is 0 Å². The average Bonchev–Trinajstić information content (AvgIpc) is 3.20. The first-order chi connectivity index (χ1) is 12.3. The lowest BCUT2D eigenvalue weighted by Gasteiger charge is -2.27. The van der Waals surface area contributed by atoms with Crippen LogP contribution in [-0.4, -0.2) is 33.9 Å². The molecule has 0 bridgehead atoms. The minimum absolute atomic E-state index is 0.0306. The SMILES string of the molecule is CCN1C(=O)C[C@@H](CNc2nc3ccccc3o2)[C@@H]1c1cccnc1. The molecule has 128 valence electrons. The highest BCUT2D eigenvalue weighted by molar-refractivity contribution is 5.80. The van der Waals surface area contributed by atoms with Gasteiger partial charge in [-0.25, -0.2) is 0 Å². The number of nitrogens with one attached hydrogen (secondary N) is 1. The fourth-order valence-corrected chi connectivity index (χ4v) is 3.59. The maximum Gasteiger partial charge on any atom is 0.295 e. The molecule has 1 aliphatic rings. The normalized spacial score (nSPS) is 20.4. The molecule has 2 aromatic heterocycles. The van der Waals surface area contributed by atoms with Crippen molar-refractivity contribution in [1.29, 1.82) is 0 Å². The Kier molecular flexibility index (Phi) is 4.09. The van der Waals surface area contributed by atoms with Crippen LogP contribution in [0.5, 0.6) is 0 Å². The molecular weight excluding hydrogens is 316 g/mol. The molecule has 1 amide bonds. The third-order valence-electron chi connectivity index (χ3n) is 4.72. The van der Waals surface area contributed by atoms with Crippen molar-refractivity contribution in [3.8, 4) is 0 Å². The lowest BCUT2D eigenvalue weighted by Crippen LogP contribution is -2.30. The molecule has 3 aromatic rings. The van der Waals surface area contributed by atoms with Crippen molar-refractivity contribution in [3.63, 3.8) is 0 Å². The number of para-hydroxylation sites is 2. The molecule has 4 rings (SSSR count). The summed E-state index contributed by atoms with van der Waals surface area (Å²) in [6.07, 6.45) is 4.11. The number of fused-ring (bicyclic) bond motifs is 1. The molecular formula is C19H20N4O2. The van der Waals surface area contributed by atoms with E-state index in [1.165, 1.54) is 0 Å². The number of oxazole rings is 1. The lowest BCUT2D eigenvalue weighted by atomic mass is 9.94. The van der Waals surface area contributed by atoms with E-state index in [4.69, 9.17) is 4.42 Å². The summed E-state index contributed by atoms with van der Waals surface area (Å²) >= 11 is 0. The quantitative estimate of drug-likeness (QED) is 0.774. The van der Waals surface area contributed by atoms with E-state index in [0.29, 0.717) is 25.5 Å². The largest absolute Gasteiger partial charge is 0.424 e. The van der Waals surface area contributed by atoms with Crippen molar-refractivity contribution in [2.24, 2.45) is 5.92 Å². The summed E-state index contributed by atoms with van der Waals surface area (Å²) in [6.45, 7) is 3.32. The number of likely N-dealkylation sites (tertiary alicyclic amines) is 1. The Labute approximate surface area is 145 Å². The number of pyridine rings is 1. The zero-order valence-corrected chi connectivity index (χ0v) is 14.1.